The molecule has 12 heavy (non-hydrogen) atoms. The molecule has 3 nitrogen and oxygen atoms in total. The third-order valence-corrected chi connectivity index (χ3v) is 3.08. The maximum absolute atomic E-state index is 5.50. The summed E-state index contributed by atoms with van der Waals surface area (Å²) in [6.07, 6.45) is 1.04. The Morgan fingerprint density at radius 2 is 2.42 bits per heavy atom. The second kappa shape index (κ2) is 2.76. The molecule has 4 heteroatoms. The third kappa shape index (κ3) is 1.05. The zero-order valence-corrected chi connectivity index (χ0v) is 8.76. The van der Waals surface area contributed by atoms with Crippen LogP contribution in [-0.4, -0.2) is 16.4 Å². The molecule has 66 valence electrons. The maximum Gasteiger partial charge on any atom is 0.227 e. The summed E-state index contributed by atoms with van der Waals surface area (Å²) in [6.45, 7) is 4.93. The fourth-order valence-electron chi connectivity index (χ4n) is 1.38. The second-order valence-corrected chi connectivity index (χ2v) is 3.93. The Bertz CT molecular complexity index is 308. The highest BCUT2D eigenvalue weighted by molar-refractivity contribution is 9.10. The molecule has 0 N–H and O–H groups in total. The molecule has 0 radical (unpaired) electrons. The molecule has 0 bridgehead atoms. The number of rotatable bonds is 0. The highest BCUT2D eigenvalue weighted by atomic mass is 79.9. The van der Waals surface area contributed by atoms with Crippen molar-refractivity contribution in [2.45, 2.75) is 26.3 Å². The molecular weight excluding hydrogens is 220 g/mol. The van der Waals surface area contributed by atoms with E-state index in [1.54, 1.807) is 0 Å². The fraction of sp³-hybridized carbons (Fsp3) is 0.625. The van der Waals surface area contributed by atoms with Gasteiger partial charge in [-0.15, -0.1) is 0 Å². The quantitative estimate of drug-likeness (QED) is 0.684. The SMILES string of the molecule is Cc1nn2c(c1Br)OCCC2C. The summed E-state index contributed by atoms with van der Waals surface area (Å²) in [5.41, 5.74) is 0.999. The number of aromatic nitrogens is 2. The summed E-state index contributed by atoms with van der Waals surface area (Å²) < 4.78 is 8.44. The first-order chi connectivity index (χ1) is 5.70. The molecule has 1 aromatic heterocycles. The Morgan fingerprint density at radius 3 is 3.08 bits per heavy atom. The van der Waals surface area contributed by atoms with Gasteiger partial charge in [0, 0.05) is 6.42 Å². The van der Waals surface area contributed by atoms with Crippen molar-refractivity contribution in [1.82, 2.24) is 9.78 Å². The van der Waals surface area contributed by atoms with E-state index in [4.69, 9.17) is 4.74 Å². The van der Waals surface area contributed by atoms with E-state index in [1.807, 2.05) is 11.6 Å². The third-order valence-electron chi connectivity index (χ3n) is 2.16. The molecule has 0 fully saturated rings. The zero-order valence-electron chi connectivity index (χ0n) is 7.17. The minimum absolute atomic E-state index is 0.457. The number of nitrogens with zero attached hydrogens (tertiary/aromatic N) is 2. The van der Waals surface area contributed by atoms with E-state index in [0.29, 0.717) is 6.04 Å². The van der Waals surface area contributed by atoms with Crippen molar-refractivity contribution in [3.63, 3.8) is 0 Å². The minimum atomic E-state index is 0.457. The average molecular weight is 231 g/mol. The van der Waals surface area contributed by atoms with Gasteiger partial charge in [-0.05, 0) is 29.8 Å². The van der Waals surface area contributed by atoms with Gasteiger partial charge < -0.3 is 4.74 Å². The topological polar surface area (TPSA) is 27.1 Å². The number of ether oxygens (including phenoxy) is 1. The lowest BCUT2D eigenvalue weighted by molar-refractivity contribution is 0.200. The van der Waals surface area contributed by atoms with Crippen LogP contribution in [0.15, 0.2) is 4.47 Å². The lowest BCUT2D eigenvalue weighted by Crippen LogP contribution is -2.19. The average Bonchev–Trinajstić information content (AvgIpc) is 2.32. The highest BCUT2D eigenvalue weighted by Gasteiger charge is 2.22. The van der Waals surface area contributed by atoms with Crippen LogP contribution in [0.3, 0.4) is 0 Å². The van der Waals surface area contributed by atoms with Crippen LogP contribution in [0.5, 0.6) is 5.88 Å². The van der Waals surface area contributed by atoms with Gasteiger partial charge in [0.1, 0.15) is 4.47 Å². The van der Waals surface area contributed by atoms with Crippen LogP contribution in [0.1, 0.15) is 25.1 Å². The Labute approximate surface area is 79.8 Å². The Morgan fingerprint density at radius 1 is 1.67 bits per heavy atom. The van der Waals surface area contributed by atoms with Crippen LogP contribution in [0, 0.1) is 6.92 Å². The molecule has 0 aliphatic carbocycles. The van der Waals surface area contributed by atoms with Crippen molar-refractivity contribution in [2.24, 2.45) is 0 Å². The first-order valence-corrected chi connectivity index (χ1v) is 4.87. The first-order valence-electron chi connectivity index (χ1n) is 4.07. The predicted octanol–water partition coefficient (Wildman–Crippen LogP) is 2.30. The first kappa shape index (κ1) is 8.10. The molecule has 1 unspecified atom stereocenters. The summed E-state index contributed by atoms with van der Waals surface area (Å²) in [7, 11) is 0. The number of aryl methyl sites for hydroxylation is 1. The van der Waals surface area contributed by atoms with Crippen molar-refractivity contribution in [3.05, 3.63) is 10.2 Å². The molecular formula is C8H11BrN2O. The van der Waals surface area contributed by atoms with Crippen molar-refractivity contribution in [3.8, 4) is 5.88 Å². The molecule has 1 atom stereocenters. The summed E-state index contributed by atoms with van der Waals surface area (Å²) in [5.74, 6) is 0.881. The fourth-order valence-corrected chi connectivity index (χ4v) is 1.76. The van der Waals surface area contributed by atoms with Crippen molar-refractivity contribution < 1.29 is 4.74 Å². The van der Waals surface area contributed by atoms with Crippen molar-refractivity contribution in [1.29, 1.82) is 0 Å². The Kier molecular flexibility index (Phi) is 1.87. The summed E-state index contributed by atoms with van der Waals surface area (Å²) >= 11 is 3.46. The van der Waals surface area contributed by atoms with Gasteiger partial charge >= 0.3 is 0 Å². The van der Waals surface area contributed by atoms with Gasteiger partial charge in [0.25, 0.3) is 0 Å². The summed E-state index contributed by atoms with van der Waals surface area (Å²) in [4.78, 5) is 0. The smallest absolute Gasteiger partial charge is 0.227 e. The van der Waals surface area contributed by atoms with Gasteiger partial charge in [-0.3, -0.25) is 0 Å². The highest BCUT2D eigenvalue weighted by Crippen LogP contribution is 2.34. The van der Waals surface area contributed by atoms with E-state index >= 15 is 0 Å². The predicted molar refractivity (Wildman–Crippen MR) is 49.5 cm³/mol. The van der Waals surface area contributed by atoms with Gasteiger partial charge in [-0.25, -0.2) is 4.68 Å². The minimum Gasteiger partial charge on any atom is -0.477 e. The molecule has 0 aromatic carbocycles. The van der Waals surface area contributed by atoms with Gasteiger partial charge in [0.05, 0.1) is 18.3 Å². The van der Waals surface area contributed by atoms with E-state index in [1.165, 1.54) is 0 Å². The maximum atomic E-state index is 5.50. The molecule has 0 saturated carbocycles. The van der Waals surface area contributed by atoms with Gasteiger partial charge in [-0.1, -0.05) is 0 Å². The molecule has 2 rings (SSSR count). The zero-order chi connectivity index (χ0) is 8.72. The monoisotopic (exact) mass is 230 g/mol. The normalized spacial score (nSPS) is 21.8. The molecule has 2 heterocycles. The molecule has 0 amide bonds. The molecule has 0 spiro atoms. The van der Waals surface area contributed by atoms with E-state index in [9.17, 15) is 0 Å². The Hall–Kier alpha value is -0.510. The van der Waals surface area contributed by atoms with E-state index in [2.05, 4.69) is 28.0 Å². The van der Waals surface area contributed by atoms with Crippen LogP contribution < -0.4 is 4.74 Å². The summed E-state index contributed by atoms with van der Waals surface area (Å²) in [6, 6.07) is 0.457. The molecule has 0 saturated heterocycles. The lowest BCUT2D eigenvalue weighted by Gasteiger charge is -2.21. The largest absolute Gasteiger partial charge is 0.477 e. The van der Waals surface area contributed by atoms with Crippen LogP contribution in [0.4, 0.5) is 0 Å². The van der Waals surface area contributed by atoms with Gasteiger partial charge in [0.15, 0.2) is 0 Å². The van der Waals surface area contributed by atoms with Crippen LogP contribution in [-0.2, 0) is 0 Å². The van der Waals surface area contributed by atoms with Gasteiger partial charge in [0.2, 0.25) is 5.88 Å². The lowest BCUT2D eigenvalue weighted by atomic mass is 10.2. The van der Waals surface area contributed by atoms with E-state index in [0.717, 1.165) is 29.1 Å². The molecule has 1 aliphatic rings. The standard InChI is InChI=1S/C8H11BrN2O/c1-5-3-4-12-8-7(9)6(2)10-11(5)8/h5H,3-4H2,1-2H3. The van der Waals surface area contributed by atoms with Crippen LogP contribution in [0.25, 0.3) is 0 Å². The number of halogens is 1. The Balaban J connectivity index is 2.52. The molecule has 1 aliphatic heterocycles. The van der Waals surface area contributed by atoms with Crippen molar-refractivity contribution in [2.75, 3.05) is 6.61 Å². The number of fused-ring (bicyclic) bond motifs is 1. The molecule has 1 aromatic rings. The van der Waals surface area contributed by atoms with Gasteiger partial charge in [-0.2, -0.15) is 5.10 Å². The van der Waals surface area contributed by atoms with Crippen LogP contribution >= 0.6 is 15.9 Å². The van der Waals surface area contributed by atoms with E-state index < -0.39 is 0 Å². The number of hydrogen-bond donors (Lipinski definition) is 0. The van der Waals surface area contributed by atoms with Crippen molar-refractivity contribution >= 4 is 15.9 Å². The van der Waals surface area contributed by atoms with Crippen LogP contribution in [0.2, 0.25) is 0 Å². The van der Waals surface area contributed by atoms with E-state index in [-0.39, 0.29) is 0 Å². The summed E-state index contributed by atoms with van der Waals surface area (Å²) in [5, 5.41) is 4.38. The second-order valence-electron chi connectivity index (χ2n) is 3.14. The number of hydrogen-bond acceptors (Lipinski definition) is 2.